The number of rotatable bonds is 0. The zero-order chi connectivity index (χ0) is 8.81. The summed E-state index contributed by atoms with van der Waals surface area (Å²) >= 11 is -2.67. The summed E-state index contributed by atoms with van der Waals surface area (Å²) < 4.78 is 2.51. The molecule has 0 radical (unpaired) electrons. The van der Waals surface area contributed by atoms with Crippen molar-refractivity contribution in [1.29, 1.82) is 0 Å². The van der Waals surface area contributed by atoms with Crippen molar-refractivity contribution in [2.75, 3.05) is 0 Å². The summed E-state index contributed by atoms with van der Waals surface area (Å²) in [6, 6.07) is 0. The van der Waals surface area contributed by atoms with Crippen molar-refractivity contribution in [3.8, 4) is 0 Å². The van der Waals surface area contributed by atoms with Gasteiger partial charge in [-0.25, -0.2) is 0 Å². The van der Waals surface area contributed by atoms with Crippen LogP contribution in [-0.2, 0) is 0 Å². The van der Waals surface area contributed by atoms with Crippen LogP contribution in [0, 0.1) is 0 Å². The Morgan fingerprint density at radius 3 is 1.18 bits per heavy atom. The van der Waals surface area contributed by atoms with Gasteiger partial charge in [0.1, 0.15) is 0 Å². The van der Waals surface area contributed by atoms with Gasteiger partial charge in [-0.3, -0.25) is 0 Å². The Balaban J connectivity index is 3.27. The van der Waals surface area contributed by atoms with E-state index in [9.17, 15) is 0 Å². The summed E-state index contributed by atoms with van der Waals surface area (Å²) in [5, 5.41) is 0. The Morgan fingerprint density at radius 1 is 0.818 bits per heavy atom. The Morgan fingerprint density at radius 2 is 1.09 bits per heavy atom. The number of allylic oxidation sites excluding steroid dienone is 4. The van der Waals surface area contributed by atoms with Crippen molar-refractivity contribution in [1.82, 2.24) is 0 Å². The first kappa shape index (κ1) is 9.69. The third kappa shape index (κ3) is 1.30. The van der Waals surface area contributed by atoms with Crippen LogP contribution < -0.4 is 0 Å². The summed E-state index contributed by atoms with van der Waals surface area (Å²) in [6.07, 6.45) is 0. The second-order valence-electron chi connectivity index (χ2n) is 3.07. The van der Waals surface area contributed by atoms with E-state index in [0.717, 1.165) is 0 Å². The van der Waals surface area contributed by atoms with Gasteiger partial charge in [0.05, 0.1) is 0 Å². The number of hydrogen-bond donors (Lipinski definition) is 0. The van der Waals surface area contributed by atoms with E-state index in [1.807, 2.05) is 0 Å². The van der Waals surface area contributed by atoms with Gasteiger partial charge in [-0.15, -0.1) is 0 Å². The molecule has 0 aromatic rings. The van der Waals surface area contributed by atoms with Crippen molar-refractivity contribution < 1.29 is 0 Å². The van der Waals surface area contributed by atoms with Gasteiger partial charge in [-0.1, -0.05) is 0 Å². The maximum absolute atomic E-state index is 6.30. The van der Waals surface area contributed by atoms with E-state index in [1.54, 1.807) is 0 Å². The van der Waals surface area contributed by atoms with E-state index in [4.69, 9.17) is 20.0 Å². The van der Waals surface area contributed by atoms with Crippen LogP contribution in [0.25, 0.3) is 0 Å². The summed E-state index contributed by atoms with van der Waals surface area (Å²) in [4.78, 5) is 0. The second-order valence-corrected chi connectivity index (χ2v) is 15.5. The first-order valence-electron chi connectivity index (χ1n) is 3.63. The second kappa shape index (κ2) is 2.83. The maximum atomic E-state index is 6.30. The fourth-order valence-electron chi connectivity index (χ4n) is 1.31. The van der Waals surface area contributed by atoms with E-state index in [1.165, 1.54) is 20.0 Å². The first-order valence-corrected chi connectivity index (χ1v) is 11.2. The fraction of sp³-hybridized carbons (Fsp3) is 0.500. The SMILES string of the molecule is CC1=[C](C)[Ge]([Cl])([Cl])[C](C)=C1C. The van der Waals surface area contributed by atoms with Crippen LogP contribution in [0.3, 0.4) is 0 Å². The van der Waals surface area contributed by atoms with Crippen molar-refractivity contribution >= 4 is 31.4 Å². The molecule has 0 spiro atoms. The van der Waals surface area contributed by atoms with Gasteiger partial charge >= 0.3 is 79.1 Å². The van der Waals surface area contributed by atoms with E-state index >= 15 is 0 Å². The molecule has 1 rings (SSSR count). The average molecular weight is 252 g/mol. The van der Waals surface area contributed by atoms with Crippen molar-refractivity contribution in [3.05, 3.63) is 20.0 Å². The van der Waals surface area contributed by atoms with E-state index in [2.05, 4.69) is 27.7 Å². The van der Waals surface area contributed by atoms with Crippen LogP contribution in [0.2, 0.25) is 0 Å². The molecule has 0 saturated carbocycles. The van der Waals surface area contributed by atoms with Gasteiger partial charge in [0.15, 0.2) is 0 Å². The molecule has 0 N–H and O–H groups in total. The molecule has 0 amide bonds. The molecule has 0 atom stereocenters. The molecule has 0 fully saturated rings. The third-order valence-electron chi connectivity index (χ3n) is 2.63. The van der Waals surface area contributed by atoms with Gasteiger partial charge in [-0.2, -0.15) is 0 Å². The van der Waals surface area contributed by atoms with Crippen molar-refractivity contribution in [2.45, 2.75) is 27.7 Å². The molecule has 1 aliphatic rings. The monoisotopic (exact) mass is 252 g/mol. The minimum absolute atomic E-state index is 1.25. The molecule has 0 nitrogen and oxygen atoms in total. The number of halogens is 2. The van der Waals surface area contributed by atoms with Gasteiger partial charge in [0, 0.05) is 0 Å². The average Bonchev–Trinajstić information content (AvgIpc) is 2.06. The van der Waals surface area contributed by atoms with E-state index < -0.39 is 11.4 Å². The van der Waals surface area contributed by atoms with Crippen LogP contribution in [0.5, 0.6) is 0 Å². The van der Waals surface area contributed by atoms with Gasteiger partial charge in [0.25, 0.3) is 0 Å². The Labute approximate surface area is 79.0 Å². The Hall–Kier alpha value is 0.603. The molecule has 0 bridgehead atoms. The van der Waals surface area contributed by atoms with Gasteiger partial charge < -0.3 is 0 Å². The molecule has 11 heavy (non-hydrogen) atoms. The summed E-state index contributed by atoms with van der Waals surface area (Å²) in [7, 11) is 12.6. The third-order valence-corrected chi connectivity index (χ3v) is 14.0. The molecular weight excluding hydrogens is 240 g/mol. The predicted molar refractivity (Wildman–Crippen MR) is 54.2 cm³/mol. The molecule has 0 aliphatic carbocycles. The zero-order valence-corrected chi connectivity index (χ0v) is 10.9. The van der Waals surface area contributed by atoms with Gasteiger partial charge in [0.2, 0.25) is 0 Å². The molecule has 0 unspecified atom stereocenters. The van der Waals surface area contributed by atoms with Crippen molar-refractivity contribution in [3.63, 3.8) is 0 Å². The first-order chi connectivity index (χ1) is 4.89. The summed E-state index contributed by atoms with van der Waals surface area (Å²) in [5.74, 6) is 0. The van der Waals surface area contributed by atoms with Crippen LogP contribution in [-0.4, -0.2) is 11.4 Å². The number of hydrogen-bond acceptors (Lipinski definition) is 0. The standard InChI is InChI=1S/C8H12Cl2Ge/c1-5-6(2)8(4)11(9,10)7(5)3/h1-4H3. The molecule has 0 saturated heterocycles. The molecule has 0 aromatic heterocycles. The normalized spacial score (nSPS) is 23.5. The topological polar surface area (TPSA) is 0 Å². The predicted octanol–water partition coefficient (Wildman–Crippen LogP) is 3.67. The Bertz CT molecular complexity index is 235. The van der Waals surface area contributed by atoms with Gasteiger partial charge in [-0.05, 0) is 0 Å². The quantitative estimate of drug-likeness (QED) is 0.576. The molecule has 1 aliphatic heterocycles. The molecular formula is C8H12Cl2Ge. The Kier molecular flexibility index (Phi) is 2.49. The molecule has 3 heteroatoms. The van der Waals surface area contributed by atoms with Crippen LogP contribution in [0.4, 0.5) is 0 Å². The molecule has 0 aromatic carbocycles. The van der Waals surface area contributed by atoms with E-state index in [-0.39, 0.29) is 0 Å². The van der Waals surface area contributed by atoms with Crippen LogP contribution in [0.1, 0.15) is 27.7 Å². The van der Waals surface area contributed by atoms with Crippen molar-refractivity contribution in [2.24, 2.45) is 0 Å². The minimum atomic E-state index is -2.67. The fourth-order valence-corrected chi connectivity index (χ4v) is 8.20. The zero-order valence-electron chi connectivity index (χ0n) is 7.26. The molecule has 1 heterocycles. The molecule has 62 valence electrons. The summed E-state index contributed by atoms with van der Waals surface area (Å²) in [6.45, 7) is 8.34. The van der Waals surface area contributed by atoms with Crippen LogP contribution in [0.15, 0.2) is 20.0 Å². The summed E-state index contributed by atoms with van der Waals surface area (Å²) in [5.41, 5.74) is 2.63. The van der Waals surface area contributed by atoms with E-state index in [0.29, 0.717) is 0 Å². The van der Waals surface area contributed by atoms with Crippen LogP contribution >= 0.6 is 20.0 Å².